The first-order valence-corrected chi connectivity index (χ1v) is 6.30. The molecule has 0 saturated carbocycles. The second-order valence-corrected chi connectivity index (χ2v) is 4.64. The number of carbonyl (C=O) groups is 1. The summed E-state index contributed by atoms with van der Waals surface area (Å²) < 4.78 is 19.0. The predicted molar refractivity (Wildman–Crippen MR) is 75.0 cm³/mol. The van der Waals surface area contributed by atoms with E-state index in [4.69, 9.17) is 4.74 Å². The number of methoxy groups -OCH3 is 1. The van der Waals surface area contributed by atoms with Crippen LogP contribution in [0.1, 0.15) is 10.4 Å². The number of carbonyl (C=O) groups excluding carboxylic acids is 1. The molecule has 1 N–H and O–H groups in total. The lowest BCUT2D eigenvalue weighted by molar-refractivity contribution is 0.102. The molecule has 0 saturated heterocycles. The molecule has 2 aromatic carbocycles. The van der Waals surface area contributed by atoms with E-state index < -0.39 is 11.7 Å². The number of anilines is 1. The van der Waals surface area contributed by atoms with E-state index in [9.17, 15) is 9.18 Å². The Morgan fingerprint density at radius 2 is 1.89 bits per heavy atom. The van der Waals surface area contributed by atoms with Gasteiger partial charge in [0.05, 0.1) is 17.1 Å². The van der Waals surface area contributed by atoms with Crippen LogP contribution in [0.15, 0.2) is 46.9 Å². The fraction of sp³-hybridized carbons (Fsp3) is 0.0714. The Balaban J connectivity index is 2.18. The van der Waals surface area contributed by atoms with Gasteiger partial charge in [0, 0.05) is 5.69 Å². The highest BCUT2D eigenvalue weighted by Crippen LogP contribution is 2.20. The van der Waals surface area contributed by atoms with Crippen molar-refractivity contribution in [1.29, 1.82) is 0 Å². The zero-order chi connectivity index (χ0) is 13.8. The van der Waals surface area contributed by atoms with E-state index >= 15 is 0 Å². The predicted octanol–water partition coefficient (Wildman–Crippen LogP) is 3.85. The number of nitrogens with one attached hydrogen (secondary N) is 1. The number of benzene rings is 2. The van der Waals surface area contributed by atoms with Crippen LogP contribution in [-0.2, 0) is 0 Å². The maximum absolute atomic E-state index is 13.7. The number of halogens is 2. The summed E-state index contributed by atoms with van der Waals surface area (Å²) in [6.45, 7) is 0. The van der Waals surface area contributed by atoms with Crippen LogP contribution in [-0.4, -0.2) is 13.0 Å². The highest BCUT2D eigenvalue weighted by atomic mass is 79.9. The maximum Gasteiger partial charge on any atom is 0.258 e. The molecule has 0 unspecified atom stereocenters. The summed E-state index contributed by atoms with van der Waals surface area (Å²) in [6.07, 6.45) is 0. The lowest BCUT2D eigenvalue weighted by atomic mass is 10.2. The standard InChI is InChI=1S/C14H11BrFNO2/c1-19-10-7-5-9(6-8-10)17-14(18)11-3-2-4-12(15)13(11)16/h2-8H,1H3,(H,17,18). The molecule has 0 aliphatic carbocycles. The quantitative estimate of drug-likeness (QED) is 0.931. The van der Waals surface area contributed by atoms with Crippen molar-refractivity contribution in [1.82, 2.24) is 0 Å². The third-order valence-electron chi connectivity index (χ3n) is 2.54. The van der Waals surface area contributed by atoms with Gasteiger partial charge in [-0.3, -0.25) is 4.79 Å². The molecule has 1 amide bonds. The second kappa shape index (κ2) is 5.84. The van der Waals surface area contributed by atoms with Gasteiger partial charge in [0.2, 0.25) is 0 Å². The number of rotatable bonds is 3. The molecular formula is C14H11BrFNO2. The van der Waals surface area contributed by atoms with Crippen molar-refractivity contribution >= 4 is 27.5 Å². The Morgan fingerprint density at radius 3 is 2.53 bits per heavy atom. The summed E-state index contributed by atoms with van der Waals surface area (Å²) in [5, 5.41) is 2.62. The number of amides is 1. The molecule has 2 aromatic rings. The van der Waals surface area contributed by atoms with Crippen molar-refractivity contribution in [3.63, 3.8) is 0 Å². The van der Waals surface area contributed by atoms with E-state index in [0.29, 0.717) is 11.4 Å². The number of hydrogen-bond acceptors (Lipinski definition) is 2. The monoisotopic (exact) mass is 323 g/mol. The fourth-order valence-electron chi connectivity index (χ4n) is 1.55. The first-order valence-electron chi connectivity index (χ1n) is 5.51. The summed E-state index contributed by atoms with van der Waals surface area (Å²) >= 11 is 3.05. The largest absolute Gasteiger partial charge is 0.497 e. The van der Waals surface area contributed by atoms with Crippen molar-refractivity contribution in [2.75, 3.05) is 12.4 Å². The molecule has 5 heteroatoms. The highest BCUT2D eigenvalue weighted by Gasteiger charge is 2.13. The van der Waals surface area contributed by atoms with Crippen LogP contribution in [0.25, 0.3) is 0 Å². The molecule has 0 aromatic heterocycles. The summed E-state index contributed by atoms with van der Waals surface area (Å²) in [5.41, 5.74) is 0.565. The summed E-state index contributed by atoms with van der Waals surface area (Å²) in [7, 11) is 1.56. The molecule has 2 rings (SSSR count). The van der Waals surface area contributed by atoms with Crippen LogP contribution < -0.4 is 10.1 Å². The zero-order valence-corrected chi connectivity index (χ0v) is 11.7. The topological polar surface area (TPSA) is 38.3 Å². The smallest absolute Gasteiger partial charge is 0.258 e. The van der Waals surface area contributed by atoms with E-state index in [-0.39, 0.29) is 10.0 Å². The number of ether oxygens (including phenoxy) is 1. The molecule has 19 heavy (non-hydrogen) atoms. The Labute approximate surface area is 118 Å². The highest BCUT2D eigenvalue weighted by molar-refractivity contribution is 9.10. The van der Waals surface area contributed by atoms with Crippen molar-refractivity contribution in [3.8, 4) is 5.75 Å². The summed E-state index contributed by atoms with van der Waals surface area (Å²) in [6, 6.07) is 11.4. The summed E-state index contributed by atoms with van der Waals surface area (Å²) in [5.74, 6) is -0.385. The number of hydrogen-bond donors (Lipinski definition) is 1. The van der Waals surface area contributed by atoms with Crippen molar-refractivity contribution < 1.29 is 13.9 Å². The molecule has 0 spiro atoms. The Bertz CT molecular complexity index is 599. The molecule has 0 atom stereocenters. The maximum atomic E-state index is 13.7. The average molecular weight is 324 g/mol. The van der Waals surface area contributed by atoms with Crippen LogP contribution in [0.5, 0.6) is 5.75 Å². The van der Waals surface area contributed by atoms with Crippen LogP contribution in [0.3, 0.4) is 0 Å². The normalized spacial score (nSPS) is 10.1. The van der Waals surface area contributed by atoms with Gasteiger partial charge >= 0.3 is 0 Å². The Hall–Kier alpha value is -1.88. The van der Waals surface area contributed by atoms with E-state index in [0.717, 1.165) is 0 Å². The molecule has 0 fully saturated rings. The molecule has 0 radical (unpaired) electrons. The van der Waals surface area contributed by atoms with Crippen LogP contribution in [0, 0.1) is 5.82 Å². The van der Waals surface area contributed by atoms with E-state index in [1.807, 2.05) is 0 Å². The first-order chi connectivity index (χ1) is 9.11. The van der Waals surface area contributed by atoms with Gasteiger partial charge in [0.15, 0.2) is 0 Å². The van der Waals surface area contributed by atoms with E-state index in [1.54, 1.807) is 43.5 Å². The van der Waals surface area contributed by atoms with Gasteiger partial charge in [-0.15, -0.1) is 0 Å². The van der Waals surface area contributed by atoms with Gasteiger partial charge < -0.3 is 10.1 Å². The van der Waals surface area contributed by atoms with E-state index in [2.05, 4.69) is 21.2 Å². The van der Waals surface area contributed by atoms with Gasteiger partial charge in [-0.25, -0.2) is 4.39 Å². The zero-order valence-electron chi connectivity index (χ0n) is 10.1. The lowest BCUT2D eigenvalue weighted by Gasteiger charge is -2.07. The molecule has 0 aliphatic heterocycles. The third kappa shape index (κ3) is 3.12. The van der Waals surface area contributed by atoms with Gasteiger partial charge in [-0.2, -0.15) is 0 Å². The van der Waals surface area contributed by atoms with Crippen molar-refractivity contribution in [2.45, 2.75) is 0 Å². The Morgan fingerprint density at radius 1 is 1.21 bits per heavy atom. The molecule has 0 aliphatic rings. The van der Waals surface area contributed by atoms with Crippen LogP contribution in [0.2, 0.25) is 0 Å². The molecule has 3 nitrogen and oxygen atoms in total. The summed E-state index contributed by atoms with van der Waals surface area (Å²) in [4.78, 5) is 11.9. The second-order valence-electron chi connectivity index (χ2n) is 3.78. The molecule has 98 valence electrons. The Kier molecular flexibility index (Phi) is 4.16. The minimum Gasteiger partial charge on any atom is -0.497 e. The van der Waals surface area contributed by atoms with E-state index in [1.165, 1.54) is 6.07 Å². The molecule has 0 heterocycles. The SMILES string of the molecule is COc1ccc(NC(=O)c2cccc(Br)c2F)cc1. The molecular weight excluding hydrogens is 313 g/mol. The van der Waals surface area contributed by atoms with Gasteiger partial charge in [0.1, 0.15) is 11.6 Å². The van der Waals surface area contributed by atoms with Gasteiger partial charge in [-0.1, -0.05) is 6.07 Å². The first kappa shape index (κ1) is 13.5. The fourth-order valence-corrected chi connectivity index (χ4v) is 1.92. The molecule has 0 bridgehead atoms. The minimum atomic E-state index is -0.575. The van der Waals surface area contributed by atoms with Gasteiger partial charge in [0.25, 0.3) is 5.91 Å². The average Bonchev–Trinajstić information content (AvgIpc) is 2.42. The van der Waals surface area contributed by atoms with Crippen LogP contribution >= 0.6 is 15.9 Å². The third-order valence-corrected chi connectivity index (χ3v) is 3.16. The minimum absolute atomic E-state index is 0.00908. The van der Waals surface area contributed by atoms with Gasteiger partial charge in [-0.05, 0) is 52.3 Å². The lowest BCUT2D eigenvalue weighted by Crippen LogP contribution is -2.13. The van der Waals surface area contributed by atoms with Crippen LogP contribution in [0.4, 0.5) is 10.1 Å². The van der Waals surface area contributed by atoms with Crippen molar-refractivity contribution in [3.05, 3.63) is 58.3 Å². The van der Waals surface area contributed by atoms with Crippen molar-refractivity contribution in [2.24, 2.45) is 0 Å².